The van der Waals surface area contributed by atoms with Gasteiger partial charge in [-0.3, -0.25) is 9.52 Å². The number of carbonyl (C=O) groups is 1. The van der Waals surface area contributed by atoms with Crippen LogP contribution in [0.2, 0.25) is 0 Å². The number of ether oxygens (including phenoxy) is 1. The molecule has 146 valence electrons. The lowest BCUT2D eigenvalue weighted by Crippen LogP contribution is -2.33. The Hall–Kier alpha value is -2.91. The zero-order chi connectivity index (χ0) is 20.0. The Balaban J connectivity index is 1.56. The second-order valence-electron chi connectivity index (χ2n) is 5.92. The Labute approximate surface area is 167 Å². The molecule has 1 atom stereocenters. The van der Waals surface area contributed by atoms with Gasteiger partial charge in [0.15, 0.2) is 5.13 Å². The van der Waals surface area contributed by atoms with Crippen molar-refractivity contribution in [3.05, 3.63) is 71.7 Å². The van der Waals surface area contributed by atoms with Crippen LogP contribution in [-0.4, -0.2) is 32.0 Å². The van der Waals surface area contributed by atoms with Gasteiger partial charge in [0.2, 0.25) is 0 Å². The highest BCUT2D eigenvalue weighted by molar-refractivity contribution is 7.93. The third-order valence-corrected chi connectivity index (χ3v) is 5.88. The van der Waals surface area contributed by atoms with Crippen molar-refractivity contribution in [2.24, 2.45) is 0 Å². The van der Waals surface area contributed by atoms with Crippen molar-refractivity contribution in [1.82, 2.24) is 10.3 Å². The Bertz CT molecular complexity index is 1010. The number of nitrogens with one attached hydrogen (secondary N) is 2. The van der Waals surface area contributed by atoms with Crippen molar-refractivity contribution in [2.75, 3.05) is 11.3 Å². The molecule has 0 aliphatic carbocycles. The smallest absolute Gasteiger partial charge is 0.263 e. The zero-order valence-electron chi connectivity index (χ0n) is 15.0. The first kappa shape index (κ1) is 19.8. The fourth-order valence-electron chi connectivity index (χ4n) is 2.34. The molecule has 9 heteroatoms. The molecule has 0 aliphatic rings. The second kappa shape index (κ2) is 8.85. The minimum atomic E-state index is -3.74. The monoisotopic (exact) mass is 417 g/mol. The number of carbonyl (C=O) groups excluding carboxylic acids is 1. The number of para-hydroxylation sites is 1. The Kier molecular flexibility index (Phi) is 6.27. The van der Waals surface area contributed by atoms with Gasteiger partial charge in [0.25, 0.3) is 15.9 Å². The standard InChI is InChI=1S/C19H19N3O4S2/c1-14(26-16-5-3-2-4-6-16)13-21-18(23)15-7-9-17(10-8-15)28(24,25)22-19-20-11-12-27-19/h2-12,14H,13H2,1H3,(H,20,22)(H,21,23). The number of aromatic nitrogens is 1. The van der Waals surface area contributed by atoms with E-state index in [2.05, 4.69) is 15.0 Å². The van der Waals surface area contributed by atoms with Crippen molar-refractivity contribution in [1.29, 1.82) is 0 Å². The van der Waals surface area contributed by atoms with Gasteiger partial charge in [-0.15, -0.1) is 11.3 Å². The van der Waals surface area contributed by atoms with E-state index in [1.807, 2.05) is 37.3 Å². The average Bonchev–Trinajstić information content (AvgIpc) is 3.19. The molecule has 2 aromatic carbocycles. The summed E-state index contributed by atoms with van der Waals surface area (Å²) in [4.78, 5) is 16.2. The van der Waals surface area contributed by atoms with E-state index in [-0.39, 0.29) is 22.0 Å². The zero-order valence-corrected chi connectivity index (χ0v) is 16.7. The number of hydrogen-bond donors (Lipinski definition) is 2. The third kappa shape index (κ3) is 5.30. The lowest BCUT2D eigenvalue weighted by Gasteiger charge is -2.15. The molecule has 0 bridgehead atoms. The predicted octanol–water partition coefficient (Wildman–Crippen LogP) is 3.14. The summed E-state index contributed by atoms with van der Waals surface area (Å²) in [6, 6.07) is 15.0. The number of nitrogens with zero attached hydrogens (tertiary/aromatic N) is 1. The maximum atomic E-state index is 12.3. The van der Waals surface area contributed by atoms with E-state index < -0.39 is 10.0 Å². The molecule has 0 saturated carbocycles. The Morgan fingerprint density at radius 2 is 1.86 bits per heavy atom. The van der Waals surface area contributed by atoms with Gasteiger partial charge in [0.1, 0.15) is 11.9 Å². The van der Waals surface area contributed by atoms with Crippen LogP contribution in [0.3, 0.4) is 0 Å². The number of anilines is 1. The van der Waals surface area contributed by atoms with Crippen LogP contribution in [0.5, 0.6) is 5.75 Å². The highest BCUT2D eigenvalue weighted by Crippen LogP contribution is 2.18. The van der Waals surface area contributed by atoms with Crippen molar-refractivity contribution in [3.63, 3.8) is 0 Å². The van der Waals surface area contributed by atoms with Gasteiger partial charge in [0, 0.05) is 17.1 Å². The van der Waals surface area contributed by atoms with Gasteiger partial charge < -0.3 is 10.1 Å². The first-order valence-electron chi connectivity index (χ1n) is 8.46. The number of benzene rings is 2. The van der Waals surface area contributed by atoms with Crippen molar-refractivity contribution in [2.45, 2.75) is 17.9 Å². The molecular weight excluding hydrogens is 398 g/mol. The number of hydrogen-bond acceptors (Lipinski definition) is 6. The fourth-order valence-corrected chi connectivity index (χ4v) is 4.13. The molecule has 7 nitrogen and oxygen atoms in total. The molecule has 3 aromatic rings. The quantitative estimate of drug-likeness (QED) is 0.587. The van der Waals surface area contributed by atoms with E-state index in [4.69, 9.17) is 4.74 Å². The van der Waals surface area contributed by atoms with Crippen molar-refractivity contribution >= 4 is 32.4 Å². The van der Waals surface area contributed by atoms with Crippen LogP contribution < -0.4 is 14.8 Å². The van der Waals surface area contributed by atoms with Crippen molar-refractivity contribution in [3.8, 4) is 5.75 Å². The molecule has 0 fully saturated rings. The summed E-state index contributed by atoms with van der Waals surface area (Å²) >= 11 is 1.18. The molecular formula is C19H19N3O4S2. The highest BCUT2D eigenvalue weighted by atomic mass is 32.2. The van der Waals surface area contributed by atoms with Gasteiger partial charge in [-0.2, -0.15) is 0 Å². The maximum absolute atomic E-state index is 12.3. The molecule has 1 heterocycles. The molecule has 3 rings (SSSR count). The Morgan fingerprint density at radius 1 is 1.14 bits per heavy atom. The molecule has 1 amide bonds. The van der Waals surface area contributed by atoms with E-state index in [1.54, 1.807) is 5.38 Å². The van der Waals surface area contributed by atoms with Gasteiger partial charge in [0.05, 0.1) is 11.4 Å². The van der Waals surface area contributed by atoms with Crippen LogP contribution in [0.25, 0.3) is 0 Å². The topological polar surface area (TPSA) is 97.4 Å². The normalized spacial score (nSPS) is 12.2. The van der Waals surface area contributed by atoms with Gasteiger partial charge in [-0.25, -0.2) is 13.4 Å². The van der Waals surface area contributed by atoms with Crippen LogP contribution >= 0.6 is 11.3 Å². The number of thiazole rings is 1. The SMILES string of the molecule is CC(CNC(=O)c1ccc(S(=O)(=O)Nc2nccs2)cc1)Oc1ccccc1. The van der Waals surface area contributed by atoms with E-state index in [0.29, 0.717) is 12.1 Å². The summed E-state index contributed by atoms with van der Waals surface area (Å²) in [6.45, 7) is 2.17. The first-order valence-corrected chi connectivity index (χ1v) is 10.8. The summed E-state index contributed by atoms with van der Waals surface area (Å²) in [6.07, 6.45) is 1.30. The molecule has 28 heavy (non-hydrogen) atoms. The molecule has 0 radical (unpaired) electrons. The number of rotatable bonds is 8. The van der Waals surface area contributed by atoms with Crippen LogP contribution in [-0.2, 0) is 10.0 Å². The highest BCUT2D eigenvalue weighted by Gasteiger charge is 2.16. The minimum Gasteiger partial charge on any atom is -0.489 e. The largest absolute Gasteiger partial charge is 0.489 e. The number of amides is 1. The summed E-state index contributed by atoms with van der Waals surface area (Å²) in [5.41, 5.74) is 0.361. The molecule has 1 unspecified atom stereocenters. The number of sulfonamides is 1. The van der Waals surface area contributed by atoms with Crippen LogP contribution in [0.15, 0.2) is 71.1 Å². The second-order valence-corrected chi connectivity index (χ2v) is 8.50. The van der Waals surface area contributed by atoms with Crippen LogP contribution in [0.4, 0.5) is 5.13 Å². The van der Waals surface area contributed by atoms with E-state index in [0.717, 1.165) is 5.75 Å². The van der Waals surface area contributed by atoms with Gasteiger partial charge >= 0.3 is 0 Å². The van der Waals surface area contributed by atoms with E-state index >= 15 is 0 Å². The van der Waals surface area contributed by atoms with E-state index in [9.17, 15) is 13.2 Å². The summed E-state index contributed by atoms with van der Waals surface area (Å²) in [5.74, 6) is 0.423. The molecule has 0 saturated heterocycles. The third-order valence-electron chi connectivity index (χ3n) is 3.71. The maximum Gasteiger partial charge on any atom is 0.263 e. The van der Waals surface area contributed by atoms with Crippen molar-refractivity contribution < 1.29 is 17.9 Å². The Morgan fingerprint density at radius 3 is 2.50 bits per heavy atom. The molecule has 0 spiro atoms. The van der Waals surface area contributed by atoms with E-state index in [1.165, 1.54) is 41.8 Å². The van der Waals surface area contributed by atoms with Crippen LogP contribution in [0.1, 0.15) is 17.3 Å². The lowest BCUT2D eigenvalue weighted by molar-refractivity contribution is 0.0932. The van der Waals surface area contributed by atoms with Crippen LogP contribution in [0, 0.1) is 0 Å². The van der Waals surface area contributed by atoms with Gasteiger partial charge in [-0.1, -0.05) is 18.2 Å². The van der Waals surface area contributed by atoms with Gasteiger partial charge in [-0.05, 0) is 43.3 Å². The molecule has 1 aromatic heterocycles. The molecule has 0 aliphatic heterocycles. The fraction of sp³-hybridized carbons (Fsp3) is 0.158. The predicted molar refractivity (Wildman–Crippen MR) is 108 cm³/mol. The summed E-state index contributed by atoms with van der Waals surface area (Å²) in [5, 5.41) is 4.74. The summed E-state index contributed by atoms with van der Waals surface area (Å²) < 4.78 is 32.7. The first-order chi connectivity index (χ1) is 13.4. The summed E-state index contributed by atoms with van der Waals surface area (Å²) in [7, 11) is -3.74. The molecule has 2 N–H and O–H groups in total. The minimum absolute atomic E-state index is 0.0556. The average molecular weight is 418 g/mol. The lowest BCUT2D eigenvalue weighted by atomic mass is 10.2.